The average Bonchev–Trinajstić information content (AvgIpc) is 2.61. The van der Waals surface area contributed by atoms with Crippen molar-refractivity contribution in [1.82, 2.24) is 10.6 Å². The van der Waals surface area contributed by atoms with E-state index in [4.69, 9.17) is 5.11 Å². The van der Waals surface area contributed by atoms with E-state index in [1.165, 1.54) is 0 Å². The van der Waals surface area contributed by atoms with Crippen LogP contribution in [0.2, 0.25) is 0 Å². The molecule has 0 bridgehead atoms. The van der Waals surface area contributed by atoms with Gasteiger partial charge in [-0.3, -0.25) is 4.79 Å². The van der Waals surface area contributed by atoms with Crippen LogP contribution in [0.15, 0.2) is 24.3 Å². The van der Waals surface area contributed by atoms with Gasteiger partial charge in [-0.15, -0.1) is 0 Å². The highest BCUT2D eigenvalue weighted by Crippen LogP contribution is 2.07. The standard InChI is InChI=1S/C17H28N2O6/c1-2-19-15(23)7-11-3-5-12(6-4-11)8-18-9-13(21)16(24)17(25)14(22)10-20/h3-6,13-14,16-18,20-22,24-25H,2,7-10H2,1H3,(H,19,23)/t13-,14+,16+,17+/m0/s1. The third-order valence-electron chi connectivity index (χ3n) is 3.77. The minimum Gasteiger partial charge on any atom is -0.394 e. The van der Waals surface area contributed by atoms with Crippen LogP contribution < -0.4 is 10.6 Å². The lowest BCUT2D eigenvalue weighted by atomic mass is 10.0. The number of carbonyl (C=O) groups excluding carboxylic acids is 1. The molecule has 0 aliphatic rings. The van der Waals surface area contributed by atoms with Crippen LogP contribution >= 0.6 is 0 Å². The molecule has 0 heterocycles. The van der Waals surface area contributed by atoms with E-state index < -0.39 is 31.0 Å². The minimum absolute atomic E-state index is 0.00294. The molecule has 0 saturated heterocycles. The zero-order chi connectivity index (χ0) is 18.8. The quantitative estimate of drug-likeness (QED) is 0.240. The Hall–Kier alpha value is -1.55. The summed E-state index contributed by atoms with van der Waals surface area (Å²) in [5.74, 6) is -0.0332. The lowest BCUT2D eigenvalue weighted by Gasteiger charge is -2.25. The summed E-state index contributed by atoms with van der Waals surface area (Å²) in [6, 6.07) is 7.40. The molecular formula is C17H28N2O6. The average molecular weight is 356 g/mol. The van der Waals surface area contributed by atoms with Gasteiger partial charge >= 0.3 is 0 Å². The van der Waals surface area contributed by atoms with E-state index in [1.807, 2.05) is 31.2 Å². The third kappa shape index (κ3) is 7.47. The number of carbonyl (C=O) groups is 1. The Morgan fingerprint density at radius 3 is 2.12 bits per heavy atom. The Labute approximate surface area is 147 Å². The first-order valence-electron chi connectivity index (χ1n) is 8.27. The largest absolute Gasteiger partial charge is 0.394 e. The molecule has 8 heteroatoms. The zero-order valence-corrected chi connectivity index (χ0v) is 14.3. The van der Waals surface area contributed by atoms with Gasteiger partial charge in [0.2, 0.25) is 5.91 Å². The van der Waals surface area contributed by atoms with Gasteiger partial charge in [-0.25, -0.2) is 0 Å². The molecule has 7 N–H and O–H groups in total. The number of amides is 1. The van der Waals surface area contributed by atoms with Crippen LogP contribution in [0.3, 0.4) is 0 Å². The third-order valence-corrected chi connectivity index (χ3v) is 3.77. The van der Waals surface area contributed by atoms with Crippen LogP contribution in [-0.2, 0) is 17.8 Å². The molecule has 25 heavy (non-hydrogen) atoms. The first-order chi connectivity index (χ1) is 11.9. The van der Waals surface area contributed by atoms with Gasteiger partial charge in [-0.2, -0.15) is 0 Å². The Morgan fingerprint density at radius 2 is 1.56 bits per heavy atom. The molecule has 0 radical (unpaired) electrons. The molecule has 0 saturated carbocycles. The van der Waals surface area contributed by atoms with Gasteiger partial charge in [0, 0.05) is 19.6 Å². The monoisotopic (exact) mass is 356 g/mol. The van der Waals surface area contributed by atoms with Crippen LogP contribution in [0, 0.1) is 0 Å². The van der Waals surface area contributed by atoms with E-state index in [0.717, 1.165) is 11.1 Å². The molecular weight excluding hydrogens is 328 g/mol. The van der Waals surface area contributed by atoms with Crippen molar-refractivity contribution in [3.8, 4) is 0 Å². The molecule has 0 unspecified atom stereocenters. The highest BCUT2D eigenvalue weighted by atomic mass is 16.4. The predicted molar refractivity (Wildman–Crippen MR) is 91.6 cm³/mol. The summed E-state index contributed by atoms with van der Waals surface area (Å²) in [5, 5.41) is 52.7. The first kappa shape index (κ1) is 21.5. The fraction of sp³-hybridized carbons (Fsp3) is 0.588. The molecule has 4 atom stereocenters. The topological polar surface area (TPSA) is 142 Å². The van der Waals surface area contributed by atoms with E-state index in [2.05, 4.69) is 10.6 Å². The summed E-state index contributed by atoms with van der Waals surface area (Å²) in [7, 11) is 0. The lowest BCUT2D eigenvalue weighted by molar-refractivity contribution is -0.120. The zero-order valence-electron chi connectivity index (χ0n) is 14.3. The normalized spacial score (nSPS) is 16.1. The van der Waals surface area contributed by atoms with Gasteiger partial charge < -0.3 is 36.2 Å². The second-order valence-electron chi connectivity index (χ2n) is 5.88. The highest BCUT2D eigenvalue weighted by molar-refractivity contribution is 5.78. The Bertz CT molecular complexity index is 510. The van der Waals surface area contributed by atoms with Gasteiger partial charge in [0.25, 0.3) is 0 Å². The minimum atomic E-state index is -1.63. The second kappa shape index (κ2) is 11.1. The van der Waals surface area contributed by atoms with E-state index in [0.29, 0.717) is 19.5 Å². The number of aliphatic hydroxyl groups is 5. The molecule has 8 nitrogen and oxygen atoms in total. The van der Waals surface area contributed by atoms with Crippen molar-refractivity contribution in [3.63, 3.8) is 0 Å². The van der Waals surface area contributed by atoms with Crippen LogP contribution in [0.4, 0.5) is 0 Å². The number of rotatable bonds is 11. The lowest BCUT2D eigenvalue weighted by Crippen LogP contribution is -2.48. The summed E-state index contributed by atoms with van der Waals surface area (Å²) in [5.41, 5.74) is 1.82. The molecule has 0 aliphatic heterocycles. The first-order valence-corrected chi connectivity index (χ1v) is 8.27. The van der Waals surface area contributed by atoms with Crippen molar-refractivity contribution in [1.29, 1.82) is 0 Å². The van der Waals surface area contributed by atoms with Gasteiger partial charge in [0.05, 0.1) is 19.1 Å². The number of hydrogen-bond acceptors (Lipinski definition) is 7. The summed E-state index contributed by atoms with van der Waals surface area (Å²) in [6.45, 7) is 2.17. The maximum atomic E-state index is 11.5. The van der Waals surface area contributed by atoms with E-state index >= 15 is 0 Å². The number of aliphatic hydroxyl groups excluding tert-OH is 5. The Kier molecular flexibility index (Phi) is 9.58. The molecule has 0 aromatic heterocycles. The number of nitrogens with one attached hydrogen (secondary N) is 2. The van der Waals surface area contributed by atoms with Crippen LogP contribution in [0.1, 0.15) is 18.1 Å². The molecule has 1 aromatic rings. The Balaban J connectivity index is 2.39. The summed E-state index contributed by atoms with van der Waals surface area (Å²) >= 11 is 0. The second-order valence-corrected chi connectivity index (χ2v) is 5.88. The summed E-state index contributed by atoms with van der Waals surface area (Å²) in [4.78, 5) is 11.5. The van der Waals surface area contributed by atoms with Crippen molar-refractivity contribution in [2.75, 3.05) is 19.7 Å². The van der Waals surface area contributed by atoms with Gasteiger partial charge in [0.15, 0.2) is 0 Å². The van der Waals surface area contributed by atoms with Gasteiger partial charge in [0.1, 0.15) is 18.3 Å². The fourth-order valence-electron chi connectivity index (χ4n) is 2.27. The molecule has 142 valence electrons. The predicted octanol–water partition coefficient (Wildman–Crippen LogP) is -2.11. The smallest absolute Gasteiger partial charge is 0.224 e. The summed E-state index contributed by atoms with van der Waals surface area (Å²) < 4.78 is 0. The summed E-state index contributed by atoms with van der Waals surface area (Å²) in [6.07, 6.45) is -5.70. The van der Waals surface area contributed by atoms with Gasteiger partial charge in [-0.05, 0) is 18.1 Å². The number of hydrogen-bond donors (Lipinski definition) is 7. The molecule has 0 spiro atoms. The molecule has 1 rings (SSSR count). The van der Waals surface area contributed by atoms with Crippen LogP contribution in [0.25, 0.3) is 0 Å². The van der Waals surface area contributed by atoms with Crippen molar-refractivity contribution in [2.45, 2.75) is 44.3 Å². The van der Waals surface area contributed by atoms with E-state index in [-0.39, 0.29) is 12.5 Å². The molecule has 1 amide bonds. The number of benzene rings is 1. The van der Waals surface area contributed by atoms with Crippen molar-refractivity contribution >= 4 is 5.91 Å². The van der Waals surface area contributed by atoms with E-state index in [1.54, 1.807) is 0 Å². The molecule has 0 aliphatic carbocycles. The SMILES string of the molecule is CCNC(=O)Cc1ccc(CNC[C@H](O)[C@@H](O)[C@H](O)[C@H](O)CO)cc1. The maximum absolute atomic E-state index is 11.5. The maximum Gasteiger partial charge on any atom is 0.224 e. The molecule has 0 fully saturated rings. The van der Waals surface area contributed by atoms with E-state index in [9.17, 15) is 25.2 Å². The number of likely N-dealkylation sites (N-methyl/N-ethyl adjacent to an activating group) is 1. The van der Waals surface area contributed by atoms with Crippen molar-refractivity contribution < 1.29 is 30.3 Å². The van der Waals surface area contributed by atoms with Crippen molar-refractivity contribution in [2.24, 2.45) is 0 Å². The van der Waals surface area contributed by atoms with Gasteiger partial charge in [-0.1, -0.05) is 24.3 Å². The van der Waals surface area contributed by atoms with Crippen LogP contribution in [-0.4, -0.2) is 75.6 Å². The highest BCUT2D eigenvalue weighted by Gasteiger charge is 2.29. The van der Waals surface area contributed by atoms with Crippen LogP contribution in [0.5, 0.6) is 0 Å². The molecule has 1 aromatic carbocycles. The van der Waals surface area contributed by atoms with Crippen molar-refractivity contribution in [3.05, 3.63) is 35.4 Å². The Morgan fingerprint density at radius 1 is 1.00 bits per heavy atom. The fourth-order valence-corrected chi connectivity index (χ4v) is 2.27.